The van der Waals surface area contributed by atoms with E-state index < -0.39 is 0 Å². The molecule has 0 spiro atoms. The zero-order chi connectivity index (χ0) is 16.8. The minimum absolute atomic E-state index is 0.219. The molecule has 5 nitrogen and oxygen atoms in total. The fraction of sp³-hybridized carbons (Fsp3) is 0.235. The summed E-state index contributed by atoms with van der Waals surface area (Å²) in [7, 11) is 0. The van der Waals surface area contributed by atoms with Gasteiger partial charge in [-0.25, -0.2) is 0 Å². The number of rotatable bonds is 5. The highest BCUT2D eigenvalue weighted by molar-refractivity contribution is 14.1. The minimum atomic E-state index is -0.302. The number of hydrogen-bond acceptors (Lipinski definition) is 4. The van der Waals surface area contributed by atoms with Gasteiger partial charge in [0.05, 0.1) is 5.92 Å². The lowest BCUT2D eigenvalue weighted by molar-refractivity contribution is -0.137. The summed E-state index contributed by atoms with van der Waals surface area (Å²) in [5.74, 6) is -0.323. The second kappa shape index (κ2) is 8.05. The summed E-state index contributed by atoms with van der Waals surface area (Å²) in [6.07, 6.45) is 1.57. The van der Waals surface area contributed by atoms with E-state index in [1.54, 1.807) is 44.3 Å². The highest BCUT2D eigenvalue weighted by atomic mass is 127. The van der Waals surface area contributed by atoms with Gasteiger partial charge in [-0.05, 0) is 46.9 Å². The van der Waals surface area contributed by atoms with Gasteiger partial charge >= 0.3 is 5.97 Å². The summed E-state index contributed by atoms with van der Waals surface area (Å²) >= 11 is 2.15. The maximum atomic E-state index is 12.1. The maximum absolute atomic E-state index is 12.1. The number of esters is 1. The molecule has 0 bridgehead atoms. The molecule has 1 N–H and O–H groups in total. The van der Waals surface area contributed by atoms with Gasteiger partial charge in [0.2, 0.25) is 0 Å². The van der Waals surface area contributed by atoms with Crippen LogP contribution in [0.3, 0.4) is 0 Å². The quantitative estimate of drug-likeness (QED) is 0.455. The van der Waals surface area contributed by atoms with Crippen molar-refractivity contribution in [2.24, 2.45) is 5.92 Å². The molecule has 0 atom stereocenters. The van der Waals surface area contributed by atoms with Gasteiger partial charge in [0, 0.05) is 21.9 Å². The van der Waals surface area contributed by atoms with Gasteiger partial charge in [-0.2, -0.15) is 0 Å². The van der Waals surface area contributed by atoms with Crippen LogP contribution in [0.4, 0.5) is 0 Å². The van der Waals surface area contributed by atoms with Crippen molar-refractivity contribution in [2.75, 3.05) is 0 Å². The Morgan fingerprint density at radius 2 is 2.00 bits per heavy atom. The third-order valence-corrected chi connectivity index (χ3v) is 4.09. The molecule has 0 saturated heterocycles. The Bertz CT molecular complexity index is 702. The van der Waals surface area contributed by atoms with Crippen molar-refractivity contribution in [3.63, 3.8) is 0 Å². The molecule has 0 aliphatic carbocycles. The molecule has 0 aliphatic heterocycles. The first-order chi connectivity index (χ1) is 11.0. The molecule has 1 heterocycles. The number of carbonyl (C=O) groups is 2. The van der Waals surface area contributed by atoms with E-state index in [1.807, 2.05) is 12.1 Å². The zero-order valence-electron chi connectivity index (χ0n) is 12.9. The Labute approximate surface area is 148 Å². The molecule has 1 amide bonds. The van der Waals surface area contributed by atoms with Crippen LogP contribution in [0.25, 0.3) is 0 Å². The number of hydrogen-bond donors (Lipinski definition) is 1. The topological polar surface area (TPSA) is 68.3 Å². The summed E-state index contributed by atoms with van der Waals surface area (Å²) in [6, 6.07) is 10.6. The average Bonchev–Trinajstić information content (AvgIpc) is 2.54. The van der Waals surface area contributed by atoms with Gasteiger partial charge < -0.3 is 10.1 Å². The van der Waals surface area contributed by atoms with E-state index in [4.69, 9.17) is 4.74 Å². The number of nitrogens with zero attached hydrogens (tertiary/aromatic N) is 1. The molecule has 23 heavy (non-hydrogen) atoms. The van der Waals surface area contributed by atoms with Crippen LogP contribution in [0, 0.1) is 9.49 Å². The minimum Gasteiger partial charge on any atom is -0.426 e. The SMILES string of the molecule is CC(C)C(=O)Oc1cccc(I)c1CNC(=O)c1ccccn1. The van der Waals surface area contributed by atoms with Crippen molar-refractivity contribution in [3.8, 4) is 5.75 Å². The third-order valence-electron chi connectivity index (χ3n) is 3.08. The Kier molecular flexibility index (Phi) is 6.09. The van der Waals surface area contributed by atoms with Crippen molar-refractivity contribution in [2.45, 2.75) is 20.4 Å². The van der Waals surface area contributed by atoms with E-state index in [-0.39, 0.29) is 24.3 Å². The molecule has 2 aromatic rings. The van der Waals surface area contributed by atoms with Crippen molar-refractivity contribution in [1.82, 2.24) is 10.3 Å². The average molecular weight is 424 g/mol. The van der Waals surface area contributed by atoms with Crippen LogP contribution in [0.1, 0.15) is 29.9 Å². The molecule has 1 aromatic carbocycles. The second-order valence-electron chi connectivity index (χ2n) is 5.19. The van der Waals surface area contributed by atoms with Crippen LogP contribution in [0.5, 0.6) is 5.75 Å². The lowest BCUT2D eigenvalue weighted by Gasteiger charge is -2.13. The summed E-state index contributed by atoms with van der Waals surface area (Å²) in [5.41, 5.74) is 1.12. The predicted octanol–water partition coefficient (Wildman–Crippen LogP) is 3.18. The van der Waals surface area contributed by atoms with Gasteiger partial charge in [0.25, 0.3) is 5.91 Å². The van der Waals surface area contributed by atoms with Crippen LogP contribution in [-0.4, -0.2) is 16.9 Å². The number of halogens is 1. The molecule has 1 aromatic heterocycles. The number of ether oxygens (including phenoxy) is 1. The number of carbonyl (C=O) groups excluding carboxylic acids is 2. The molecule has 0 unspecified atom stereocenters. The lowest BCUT2D eigenvalue weighted by atomic mass is 10.2. The molecule has 2 rings (SSSR count). The molecular weight excluding hydrogens is 407 g/mol. The smallest absolute Gasteiger partial charge is 0.313 e. The summed E-state index contributed by atoms with van der Waals surface area (Å²) in [5, 5.41) is 2.80. The van der Waals surface area contributed by atoms with E-state index in [0.29, 0.717) is 11.4 Å². The van der Waals surface area contributed by atoms with Crippen molar-refractivity contribution in [1.29, 1.82) is 0 Å². The molecule has 120 valence electrons. The first-order valence-corrected chi connectivity index (χ1v) is 8.25. The monoisotopic (exact) mass is 424 g/mol. The molecule has 0 radical (unpaired) electrons. The molecule has 0 fully saturated rings. The fourth-order valence-corrected chi connectivity index (χ4v) is 2.45. The van der Waals surface area contributed by atoms with Gasteiger partial charge in [-0.3, -0.25) is 14.6 Å². The first kappa shape index (κ1) is 17.4. The van der Waals surface area contributed by atoms with Crippen molar-refractivity contribution < 1.29 is 14.3 Å². The predicted molar refractivity (Wildman–Crippen MR) is 95.0 cm³/mol. The number of pyridine rings is 1. The number of aromatic nitrogens is 1. The van der Waals surface area contributed by atoms with E-state index in [9.17, 15) is 9.59 Å². The van der Waals surface area contributed by atoms with Gasteiger partial charge in [0.1, 0.15) is 11.4 Å². The third kappa shape index (κ3) is 4.75. The Morgan fingerprint density at radius 1 is 1.22 bits per heavy atom. The normalized spacial score (nSPS) is 10.4. The summed E-state index contributed by atoms with van der Waals surface area (Å²) in [4.78, 5) is 27.9. The summed E-state index contributed by atoms with van der Waals surface area (Å²) in [6.45, 7) is 3.81. The van der Waals surface area contributed by atoms with Gasteiger partial charge in [-0.15, -0.1) is 0 Å². The standard InChI is InChI=1S/C17H17IN2O3/c1-11(2)17(22)23-15-8-5-6-13(18)12(15)10-20-16(21)14-7-3-4-9-19-14/h3-9,11H,10H2,1-2H3,(H,20,21). The largest absolute Gasteiger partial charge is 0.426 e. The van der Waals surface area contributed by atoms with E-state index in [1.165, 1.54) is 0 Å². The molecular formula is C17H17IN2O3. The van der Waals surface area contributed by atoms with Crippen LogP contribution < -0.4 is 10.1 Å². The number of benzene rings is 1. The Morgan fingerprint density at radius 3 is 2.65 bits per heavy atom. The van der Waals surface area contributed by atoms with E-state index in [2.05, 4.69) is 32.9 Å². The summed E-state index contributed by atoms with van der Waals surface area (Å²) < 4.78 is 6.33. The van der Waals surface area contributed by atoms with Crippen LogP contribution in [0.15, 0.2) is 42.6 Å². The highest BCUT2D eigenvalue weighted by Crippen LogP contribution is 2.24. The Hall–Kier alpha value is -1.96. The first-order valence-electron chi connectivity index (χ1n) is 7.17. The van der Waals surface area contributed by atoms with Gasteiger partial charge in [-0.1, -0.05) is 26.0 Å². The van der Waals surface area contributed by atoms with Crippen molar-refractivity contribution >= 4 is 34.5 Å². The van der Waals surface area contributed by atoms with Crippen LogP contribution in [0.2, 0.25) is 0 Å². The van der Waals surface area contributed by atoms with E-state index in [0.717, 1.165) is 9.13 Å². The van der Waals surface area contributed by atoms with E-state index >= 15 is 0 Å². The number of amides is 1. The van der Waals surface area contributed by atoms with Gasteiger partial charge in [0.15, 0.2) is 0 Å². The second-order valence-corrected chi connectivity index (χ2v) is 6.35. The molecule has 0 saturated carbocycles. The fourth-order valence-electron chi connectivity index (χ4n) is 1.79. The number of nitrogens with one attached hydrogen (secondary N) is 1. The van der Waals surface area contributed by atoms with Crippen molar-refractivity contribution in [3.05, 3.63) is 57.4 Å². The molecule has 0 aliphatic rings. The zero-order valence-corrected chi connectivity index (χ0v) is 15.0. The highest BCUT2D eigenvalue weighted by Gasteiger charge is 2.15. The van der Waals surface area contributed by atoms with Crippen LogP contribution in [-0.2, 0) is 11.3 Å². The Balaban J connectivity index is 2.13. The lowest BCUT2D eigenvalue weighted by Crippen LogP contribution is -2.25. The maximum Gasteiger partial charge on any atom is 0.313 e. The molecule has 6 heteroatoms. The van der Waals surface area contributed by atoms with Crippen LogP contribution >= 0.6 is 22.6 Å².